The first-order valence-corrected chi connectivity index (χ1v) is 6.86. The van der Waals surface area contributed by atoms with Gasteiger partial charge in [0.05, 0.1) is 6.42 Å². The van der Waals surface area contributed by atoms with Crippen LogP contribution in [0, 0.1) is 0 Å². The largest absolute Gasteiger partial charge is 0.481 e. The lowest BCUT2D eigenvalue weighted by Crippen LogP contribution is -2.56. The average Bonchev–Trinajstić information content (AvgIpc) is 2.28. The monoisotopic (exact) mass is 278 g/mol. The lowest BCUT2D eigenvalue weighted by Gasteiger charge is -2.45. The fourth-order valence-electron chi connectivity index (χ4n) is 2.17. The highest BCUT2D eigenvalue weighted by Gasteiger charge is 2.45. The molecule has 1 aromatic carbocycles. The van der Waals surface area contributed by atoms with E-state index in [1.165, 1.54) is 0 Å². The van der Waals surface area contributed by atoms with Gasteiger partial charge in [-0.3, -0.25) is 4.79 Å². The molecule has 0 spiro atoms. The number of benzene rings is 1. The van der Waals surface area contributed by atoms with E-state index in [1.807, 2.05) is 52.8 Å². The lowest BCUT2D eigenvalue weighted by atomic mass is 9.87. The molecule has 4 heteroatoms. The quantitative estimate of drug-likeness (QED) is 0.918. The Kier molecular flexibility index (Phi) is 3.44. The summed E-state index contributed by atoms with van der Waals surface area (Å²) >= 11 is 0. The molecule has 1 aromatic rings. The zero-order chi connectivity index (χ0) is 15.1. The van der Waals surface area contributed by atoms with Crippen LogP contribution in [0.4, 0.5) is 0 Å². The molecule has 1 heterocycles. The van der Waals surface area contributed by atoms with Crippen LogP contribution in [0.2, 0.25) is 0 Å². The third-order valence-electron chi connectivity index (χ3n) is 4.20. The molecule has 110 valence electrons. The zero-order valence-corrected chi connectivity index (χ0v) is 12.7. The van der Waals surface area contributed by atoms with E-state index in [1.54, 1.807) is 0 Å². The van der Waals surface area contributed by atoms with Gasteiger partial charge in [-0.15, -0.1) is 0 Å². The Morgan fingerprint density at radius 1 is 1.15 bits per heavy atom. The smallest absolute Gasteiger partial charge is 0.303 e. The zero-order valence-electron chi connectivity index (χ0n) is 12.7. The summed E-state index contributed by atoms with van der Waals surface area (Å²) in [6.45, 7) is 9.87. The molecule has 20 heavy (non-hydrogen) atoms. The van der Waals surface area contributed by atoms with Crippen molar-refractivity contribution in [3.05, 3.63) is 23.8 Å². The molecule has 0 aliphatic carbocycles. The molecular weight excluding hydrogens is 256 g/mol. The second kappa shape index (κ2) is 4.69. The normalized spacial score (nSPS) is 20.2. The average molecular weight is 278 g/mol. The summed E-state index contributed by atoms with van der Waals surface area (Å²) < 4.78 is 12.1. The van der Waals surface area contributed by atoms with Crippen molar-refractivity contribution in [3.8, 4) is 11.5 Å². The van der Waals surface area contributed by atoms with Crippen LogP contribution in [0.5, 0.6) is 11.5 Å². The number of hydrogen-bond acceptors (Lipinski definition) is 3. The maximum Gasteiger partial charge on any atom is 0.303 e. The highest BCUT2D eigenvalue weighted by Crippen LogP contribution is 2.44. The van der Waals surface area contributed by atoms with Crippen LogP contribution in [-0.2, 0) is 4.79 Å². The third-order valence-corrected chi connectivity index (χ3v) is 4.20. The van der Waals surface area contributed by atoms with E-state index < -0.39 is 17.2 Å². The van der Waals surface area contributed by atoms with Crippen LogP contribution >= 0.6 is 0 Å². The van der Waals surface area contributed by atoms with Gasteiger partial charge in [0.15, 0.2) is 11.5 Å². The first kappa shape index (κ1) is 14.7. The van der Waals surface area contributed by atoms with Crippen LogP contribution in [0.15, 0.2) is 18.2 Å². The Balaban J connectivity index is 2.32. The molecule has 0 saturated heterocycles. The standard InChI is InChI=1S/C16H22O4/c1-10(8-14(17)18)11-6-7-12-13(9-11)20-16(4,5)15(2,3)19-12/h6-7,9-10H,8H2,1-5H3,(H,17,18). The van der Waals surface area contributed by atoms with E-state index in [0.717, 1.165) is 5.56 Å². The first-order valence-electron chi connectivity index (χ1n) is 6.86. The van der Waals surface area contributed by atoms with Gasteiger partial charge in [0.25, 0.3) is 0 Å². The van der Waals surface area contributed by atoms with Gasteiger partial charge in [-0.05, 0) is 51.3 Å². The molecule has 1 N–H and O–H groups in total. The summed E-state index contributed by atoms with van der Waals surface area (Å²) in [5.41, 5.74) is 0.0771. The third kappa shape index (κ3) is 2.60. The second-order valence-electron chi connectivity index (χ2n) is 6.43. The molecule has 0 fully saturated rings. The minimum Gasteiger partial charge on any atom is -0.481 e. The van der Waals surface area contributed by atoms with Crippen molar-refractivity contribution in [2.24, 2.45) is 0 Å². The molecule has 0 amide bonds. The SMILES string of the molecule is CC(CC(=O)O)c1ccc2c(c1)OC(C)(C)C(C)(C)O2. The van der Waals surface area contributed by atoms with Gasteiger partial charge in [-0.1, -0.05) is 13.0 Å². The topological polar surface area (TPSA) is 55.8 Å². The molecule has 0 radical (unpaired) electrons. The van der Waals surface area contributed by atoms with Crippen molar-refractivity contribution in [2.75, 3.05) is 0 Å². The van der Waals surface area contributed by atoms with Gasteiger partial charge in [-0.2, -0.15) is 0 Å². The minimum atomic E-state index is -0.797. The number of rotatable bonds is 3. The van der Waals surface area contributed by atoms with Crippen molar-refractivity contribution < 1.29 is 19.4 Å². The molecule has 1 aliphatic heterocycles. The fraction of sp³-hybridized carbons (Fsp3) is 0.562. The van der Waals surface area contributed by atoms with Gasteiger partial charge in [0.1, 0.15) is 11.2 Å². The molecule has 0 aromatic heterocycles. The summed E-state index contributed by atoms with van der Waals surface area (Å²) in [5, 5.41) is 8.88. The Labute approximate surface area is 119 Å². The van der Waals surface area contributed by atoms with Crippen LogP contribution in [0.25, 0.3) is 0 Å². The molecule has 1 atom stereocenters. The summed E-state index contributed by atoms with van der Waals surface area (Å²) in [5.74, 6) is 0.540. The second-order valence-corrected chi connectivity index (χ2v) is 6.43. The number of fused-ring (bicyclic) bond motifs is 1. The number of carbonyl (C=O) groups is 1. The minimum absolute atomic E-state index is 0.0561. The van der Waals surface area contributed by atoms with E-state index in [2.05, 4.69) is 0 Å². The van der Waals surface area contributed by atoms with E-state index in [0.29, 0.717) is 11.5 Å². The van der Waals surface area contributed by atoms with E-state index in [4.69, 9.17) is 14.6 Å². The number of ether oxygens (including phenoxy) is 2. The molecule has 1 aliphatic rings. The predicted molar refractivity (Wildman–Crippen MR) is 76.5 cm³/mol. The van der Waals surface area contributed by atoms with E-state index in [9.17, 15) is 4.79 Å². The molecule has 1 unspecified atom stereocenters. The number of carboxylic acids is 1. The van der Waals surface area contributed by atoms with Crippen molar-refractivity contribution in [3.63, 3.8) is 0 Å². The van der Waals surface area contributed by atoms with E-state index >= 15 is 0 Å². The van der Waals surface area contributed by atoms with Crippen LogP contribution in [-0.4, -0.2) is 22.3 Å². The summed E-state index contributed by atoms with van der Waals surface area (Å²) in [6.07, 6.45) is 0.106. The summed E-state index contributed by atoms with van der Waals surface area (Å²) in [4.78, 5) is 10.8. The summed E-state index contributed by atoms with van der Waals surface area (Å²) in [6, 6.07) is 5.66. The summed E-state index contributed by atoms with van der Waals surface area (Å²) in [7, 11) is 0. The number of aliphatic carboxylic acids is 1. The molecule has 2 rings (SSSR count). The number of hydrogen-bond donors (Lipinski definition) is 1. The number of carboxylic acid groups (broad SMARTS) is 1. The Hall–Kier alpha value is -1.71. The van der Waals surface area contributed by atoms with Gasteiger partial charge < -0.3 is 14.6 Å². The Bertz CT molecular complexity index is 531. The van der Waals surface area contributed by atoms with E-state index in [-0.39, 0.29) is 12.3 Å². The first-order chi connectivity index (χ1) is 9.12. The van der Waals surface area contributed by atoms with Crippen molar-refractivity contribution >= 4 is 5.97 Å². The molecule has 0 bridgehead atoms. The lowest BCUT2D eigenvalue weighted by molar-refractivity contribution is -0.137. The highest BCUT2D eigenvalue weighted by atomic mass is 16.6. The van der Waals surface area contributed by atoms with Gasteiger partial charge in [-0.25, -0.2) is 0 Å². The van der Waals surface area contributed by atoms with Gasteiger partial charge in [0, 0.05) is 0 Å². The maximum absolute atomic E-state index is 10.8. The molecular formula is C16H22O4. The molecule has 4 nitrogen and oxygen atoms in total. The fourth-order valence-corrected chi connectivity index (χ4v) is 2.17. The van der Waals surface area contributed by atoms with Crippen molar-refractivity contribution in [1.82, 2.24) is 0 Å². The Morgan fingerprint density at radius 2 is 1.70 bits per heavy atom. The highest BCUT2D eigenvalue weighted by molar-refractivity contribution is 5.68. The van der Waals surface area contributed by atoms with Crippen LogP contribution < -0.4 is 9.47 Å². The van der Waals surface area contributed by atoms with Crippen molar-refractivity contribution in [2.45, 2.75) is 58.2 Å². The Morgan fingerprint density at radius 3 is 2.25 bits per heavy atom. The predicted octanol–water partition coefficient (Wildman–Crippen LogP) is 3.59. The van der Waals surface area contributed by atoms with Crippen LogP contribution in [0.1, 0.15) is 52.5 Å². The van der Waals surface area contributed by atoms with Gasteiger partial charge in [0.2, 0.25) is 0 Å². The van der Waals surface area contributed by atoms with Crippen molar-refractivity contribution in [1.29, 1.82) is 0 Å². The van der Waals surface area contributed by atoms with Gasteiger partial charge >= 0.3 is 5.97 Å². The maximum atomic E-state index is 10.8. The molecule has 0 saturated carbocycles. The van der Waals surface area contributed by atoms with Crippen LogP contribution in [0.3, 0.4) is 0 Å².